The number of esters is 1. The molecule has 0 spiro atoms. The van der Waals surface area contributed by atoms with Crippen molar-refractivity contribution in [1.82, 2.24) is 14.7 Å². The summed E-state index contributed by atoms with van der Waals surface area (Å²) in [6.07, 6.45) is 0.750. The summed E-state index contributed by atoms with van der Waals surface area (Å²) >= 11 is 3.29. The number of aromatic nitrogens is 2. The molecule has 0 aromatic carbocycles. The van der Waals surface area contributed by atoms with Crippen molar-refractivity contribution in [2.75, 3.05) is 20.7 Å². The smallest absolute Gasteiger partial charge is 0.360 e. The van der Waals surface area contributed by atoms with Gasteiger partial charge in [0, 0.05) is 21.1 Å². The van der Waals surface area contributed by atoms with Gasteiger partial charge >= 0.3 is 5.97 Å². The second kappa shape index (κ2) is 7.86. The molecule has 0 unspecified atom stereocenters. The van der Waals surface area contributed by atoms with Crippen molar-refractivity contribution in [1.29, 1.82) is 0 Å². The molecule has 0 saturated carbocycles. The minimum Gasteiger partial charge on any atom is -0.461 e. The predicted molar refractivity (Wildman–Crippen MR) is 71.4 cm³/mol. The van der Waals surface area contributed by atoms with Gasteiger partial charge in [0.05, 0.1) is 16.8 Å². The maximum Gasteiger partial charge on any atom is 0.360 e. The molecular formula is C11H18BrN3O3. The van der Waals surface area contributed by atoms with Crippen LogP contribution in [0.25, 0.3) is 0 Å². The number of carbonyl (C=O) groups is 2. The Balaban J connectivity index is 0.000000494. The molecule has 6 nitrogen and oxygen atoms in total. The number of halogens is 1. The zero-order chi connectivity index (χ0) is 14.3. The second-order valence-corrected chi connectivity index (χ2v) is 4.45. The Morgan fingerprint density at radius 3 is 2.33 bits per heavy atom. The van der Waals surface area contributed by atoms with Crippen molar-refractivity contribution in [3.05, 3.63) is 15.9 Å². The predicted octanol–water partition coefficient (Wildman–Crippen LogP) is 1.37. The Hall–Kier alpha value is -1.37. The standard InChI is InChI=1S/C8H11BrN2O2.C3H7NO/c1-4-13-8(12)7-6(9)5(2)11(3)10-7;1-4(2)3-5/h4H2,1-3H3;3H,1-2H3. The van der Waals surface area contributed by atoms with Crippen LogP contribution >= 0.6 is 15.9 Å². The van der Waals surface area contributed by atoms with Crippen LogP contribution in [0.1, 0.15) is 23.1 Å². The number of rotatable bonds is 3. The van der Waals surface area contributed by atoms with E-state index in [4.69, 9.17) is 4.74 Å². The Kier molecular flexibility index (Phi) is 7.26. The topological polar surface area (TPSA) is 64.4 Å². The highest BCUT2D eigenvalue weighted by molar-refractivity contribution is 9.10. The third-order valence-corrected chi connectivity index (χ3v) is 2.89. The normalized spacial score (nSPS) is 9.22. The number of ether oxygens (including phenoxy) is 1. The molecule has 18 heavy (non-hydrogen) atoms. The van der Waals surface area contributed by atoms with Crippen molar-refractivity contribution >= 4 is 28.3 Å². The van der Waals surface area contributed by atoms with Gasteiger partial charge in [-0.3, -0.25) is 9.48 Å². The van der Waals surface area contributed by atoms with Gasteiger partial charge in [0.1, 0.15) is 0 Å². The Morgan fingerprint density at radius 1 is 1.56 bits per heavy atom. The van der Waals surface area contributed by atoms with Crippen LogP contribution in [0, 0.1) is 6.92 Å². The lowest BCUT2D eigenvalue weighted by atomic mass is 10.4. The molecule has 0 aliphatic heterocycles. The zero-order valence-electron chi connectivity index (χ0n) is 11.2. The van der Waals surface area contributed by atoms with Gasteiger partial charge in [0.25, 0.3) is 0 Å². The average Bonchev–Trinajstić information content (AvgIpc) is 2.58. The number of hydrogen-bond donors (Lipinski definition) is 0. The molecule has 0 bridgehead atoms. The molecular weight excluding hydrogens is 302 g/mol. The van der Waals surface area contributed by atoms with E-state index in [1.54, 1.807) is 32.7 Å². The summed E-state index contributed by atoms with van der Waals surface area (Å²) in [4.78, 5) is 22.2. The molecule has 0 fully saturated rings. The van der Waals surface area contributed by atoms with Crippen molar-refractivity contribution in [3.8, 4) is 0 Å². The van der Waals surface area contributed by atoms with Crippen LogP contribution < -0.4 is 0 Å². The van der Waals surface area contributed by atoms with E-state index in [-0.39, 0.29) is 0 Å². The number of amides is 1. The summed E-state index contributed by atoms with van der Waals surface area (Å²) in [7, 11) is 5.16. The van der Waals surface area contributed by atoms with Gasteiger partial charge in [-0.25, -0.2) is 4.79 Å². The number of nitrogens with zero attached hydrogens (tertiary/aromatic N) is 3. The summed E-state index contributed by atoms with van der Waals surface area (Å²) in [5.41, 5.74) is 1.24. The molecule has 1 aromatic heterocycles. The van der Waals surface area contributed by atoms with Crippen molar-refractivity contribution in [2.24, 2.45) is 7.05 Å². The molecule has 0 saturated heterocycles. The van der Waals surface area contributed by atoms with Gasteiger partial charge in [-0.15, -0.1) is 0 Å². The van der Waals surface area contributed by atoms with Crippen LogP contribution in [-0.4, -0.2) is 47.8 Å². The maximum absolute atomic E-state index is 11.3. The van der Waals surface area contributed by atoms with Crippen molar-refractivity contribution in [2.45, 2.75) is 13.8 Å². The van der Waals surface area contributed by atoms with E-state index in [9.17, 15) is 9.59 Å². The highest BCUT2D eigenvalue weighted by atomic mass is 79.9. The van der Waals surface area contributed by atoms with Crippen LogP contribution in [0.15, 0.2) is 4.47 Å². The third-order valence-electron chi connectivity index (χ3n) is 1.94. The van der Waals surface area contributed by atoms with E-state index in [1.165, 1.54) is 4.90 Å². The van der Waals surface area contributed by atoms with Crippen LogP contribution in [0.2, 0.25) is 0 Å². The Morgan fingerprint density at radius 2 is 2.06 bits per heavy atom. The number of carbonyl (C=O) groups excluding carboxylic acids is 2. The number of hydrogen-bond acceptors (Lipinski definition) is 4. The quantitative estimate of drug-likeness (QED) is 0.623. The monoisotopic (exact) mass is 319 g/mol. The third kappa shape index (κ3) is 4.87. The molecule has 0 N–H and O–H groups in total. The second-order valence-electron chi connectivity index (χ2n) is 3.66. The molecule has 0 aliphatic carbocycles. The molecule has 7 heteroatoms. The zero-order valence-corrected chi connectivity index (χ0v) is 12.8. The van der Waals surface area contributed by atoms with Gasteiger partial charge in [0.2, 0.25) is 6.41 Å². The van der Waals surface area contributed by atoms with E-state index >= 15 is 0 Å². The summed E-state index contributed by atoms with van der Waals surface area (Å²) < 4.78 is 7.17. The molecule has 0 aliphatic rings. The van der Waals surface area contributed by atoms with Crippen molar-refractivity contribution in [3.63, 3.8) is 0 Å². The lowest BCUT2D eigenvalue weighted by molar-refractivity contribution is -0.115. The van der Waals surface area contributed by atoms with Crippen LogP contribution in [0.5, 0.6) is 0 Å². The summed E-state index contributed by atoms with van der Waals surface area (Å²) in [5, 5.41) is 4.02. The van der Waals surface area contributed by atoms with Gasteiger partial charge in [-0.2, -0.15) is 5.10 Å². The largest absolute Gasteiger partial charge is 0.461 e. The fourth-order valence-corrected chi connectivity index (χ4v) is 1.41. The molecule has 1 rings (SSSR count). The molecule has 0 atom stereocenters. The average molecular weight is 320 g/mol. The van der Waals surface area contributed by atoms with Gasteiger partial charge in [-0.1, -0.05) is 0 Å². The Labute approximate surface area is 115 Å². The van der Waals surface area contributed by atoms with Gasteiger partial charge in [0.15, 0.2) is 5.69 Å². The van der Waals surface area contributed by atoms with Crippen LogP contribution in [-0.2, 0) is 16.6 Å². The summed E-state index contributed by atoms with van der Waals surface area (Å²) in [5.74, 6) is -0.391. The molecule has 1 aromatic rings. The lowest BCUT2D eigenvalue weighted by Crippen LogP contribution is -2.06. The fourth-order valence-electron chi connectivity index (χ4n) is 0.912. The minimum absolute atomic E-state index is 0.335. The van der Waals surface area contributed by atoms with Gasteiger partial charge < -0.3 is 9.64 Å². The van der Waals surface area contributed by atoms with E-state index in [2.05, 4.69) is 21.0 Å². The number of aryl methyl sites for hydroxylation is 1. The first kappa shape index (κ1) is 16.6. The minimum atomic E-state index is -0.391. The van der Waals surface area contributed by atoms with Crippen molar-refractivity contribution < 1.29 is 14.3 Å². The molecule has 1 amide bonds. The Bertz CT molecular complexity index is 416. The maximum atomic E-state index is 11.3. The van der Waals surface area contributed by atoms with Gasteiger partial charge in [-0.05, 0) is 29.8 Å². The first-order valence-corrected chi connectivity index (χ1v) is 6.12. The highest BCUT2D eigenvalue weighted by Crippen LogP contribution is 2.20. The first-order chi connectivity index (χ1) is 8.34. The van der Waals surface area contributed by atoms with E-state index in [0.29, 0.717) is 16.8 Å². The SMILES string of the molecule is CCOC(=O)c1nn(C)c(C)c1Br.CN(C)C=O. The van der Waals surface area contributed by atoms with Crippen LogP contribution in [0.4, 0.5) is 0 Å². The molecule has 1 heterocycles. The van der Waals surface area contributed by atoms with E-state index in [1.807, 2.05) is 6.92 Å². The highest BCUT2D eigenvalue weighted by Gasteiger charge is 2.18. The summed E-state index contributed by atoms with van der Waals surface area (Å²) in [6, 6.07) is 0. The first-order valence-electron chi connectivity index (χ1n) is 5.33. The van der Waals surface area contributed by atoms with E-state index < -0.39 is 5.97 Å². The fraction of sp³-hybridized carbons (Fsp3) is 0.545. The molecule has 0 radical (unpaired) electrons. The molecule has 102 valence electrons. The lowest BCUT2D eigenvalue weighted by Gasteiger charge is -1.97. The van der Waals surface area contributed by atoms with E-state index in [0.717, 1.165) is 12.1 Å². The summed E-state index contributed by atoms with van der Waals surface area (Å²) in [6.45, 7) is 4.00. The van der Waals surface area contributed by atoms with Crippen LogP contribution in [0.3, 0.4) is 0 Å².